The van der Waals surface area contributed by atoms with E-state index in [4.69, 9.17) is 4.74 Å². The molecule has 2 aromatic carbocycles. The van der Waals surface area contributed by atoms with Crippen LogP contribution < -0.4 is 15.6 Å². The molecule has 1 N–H and O–H groups in total. The fourth-order valence-corrected chi connectivity index (χ4v) is 3.66. The van der Waals surface area contributed by atoms with Crippen LogP contribution in [0.5, 0.6) is 11.5 Å². The molecule has 0 unspecified atom stereocenters. The normalized spacial score (nSPS) is 10.7. The minimum Gasteiger partial charge on any atom is -0.456 e. The Kier molecular flexibility index (Phi) is 5.60. The van der Waals surface area contributed by atoms with Gasteiger partial charge in [-0.25, -0.2) is 0 Å². The van der Waals surface area contributed by atoms with E-state index >= 15 is 0 Å². The van der Waals surface area contributed by atoms with Crippen molar-refractivity contribution >= 4 is 22.5 Å². The number of benzene rings is 2. The zero-order valence-electron chi connectivity index (χ0n) is 18.2. The van der Waals surface area contributed by atoms with E-state index in [0.29, 0.717) is 27.9 Å². The van der Waals surface area contributed by atoms with Gasteiger partial charge in [0.2, 0.25) is 5.91 Å². The first-order valence-corrected chi connectivity index (χ1v) is 10.2. The molecule has 4 rings (SSSR count). The summed E-state index contributed by atoms with van der Waals surface area (Å²) in [5, 5.41) is 3.29. The molecular weight excluding hydrogens is 402 g/mol. The standard InChI is InChI=1S/C26H23N3O3/c1-5-23(30)28-18-11-12-22(32-25-16(2)8-6-9-17(25)3)20(14-18)21-15-29(4)26(31)19-10-7-13-27-24(19)21/h5-15H,1H2,2-4H3,(H,28,30). The largest absolute Gasteiger partial charge is 0.456 e. The van der Waals surface area contributed by atoms with Crippen LogP contribution in [0.2, 0.25) is 0 Å². The topological polar surface area (TPSA) is 73.2 Å². The number of nitrogens with zero attached hydrogens (tertiary/aromatic N) is 2. The Labute approximate surface area is 185 Å². The van der Waals surface area contributed by atoms with Crippen LogP contribution in [0.4, 0.5) is 5.69 Å². The minimum atomic E-state index is -0.317. The van der Waals surface area contributed by atoms with Crippen molar-refractivity contribution in [2.45, 2.75) is 13.8 Å². The Morgan fingerprint density at radius 1 is 1.09 bits per heavy atom. The molecule has 4 aromatic rings. The maximum Gasteiger partial charge on any atom is 0.259 e. The third kappa shape index (κ3) is 3.90. The molecule has 2 aromatic heterocycles. The molecule has 0 saturated heterocycles. The van der Waals surface area contributed by atoms with Crippen LogP contribution in [0.1, 0.15) is 11.1 Å². The van der Waals surface area contributed by atoms with Crippen LogP contribution in [-0.2, 0) is 11.8 Å². The highest BCUT2D eigenvalue weighted by molar-refractivity contribution is 6.00. The van der Waals surface area contributed by atoms with E-state index in [1.54, 1.807) is 43.7 Å². The predicted octanol–water partition coefficient (Wildman–Crippen LogP) is 5.13. The van der Waals surface area contributed by atoms with E-state index in [0.717, 1.165) is 22.4 Å². The summed E-state index contributed by atoms with van der Waals surface area (Å²) in [5.41, 5.74) is 4.44. The van der Waals surface area contributed by atoms with E-state index in [9.17, 15) is 9.59 Å². The maximum atomic E-state index is 12.7. The molecule has 0 spiro atoms. The van der Waals surface area contributed by atoms with Gasteiger partial charge in [-0.3, -0.25) is 14.6 Å². The predicted molar refractivity (Wildman–Crippen MR) is 127 cm³/mol. The minimum absolute atomic E-state index is 0.134. The molecular formula is C26H23N3O3. The van der Waals surface area contributed by atoms with Gasteiger partial charge in [0, 0.05) is 36.3 Å². The maximum absolute atomic E-state index is 12.7. The zero-order valence-corrected chi connectivity index (χ0v) is 18.2. The lowest BCUT2D eigenvalue weighted by molar-refractivity contribution is -0.111. The number of fused-ring (bicyclic) bond motifs is 1. The van der Waals surface area contributed by atoms with Crippen molar-refractivity contribution < 1.29 is 9.53 Å². The summed E-state index contributed by atoms with van der Waals surface area (Å²) in [5.74, 6) is 1.03. The quantitative estimate of drug-likeness (QED) is 0.450. The van der Waals surface area contributed by atoms with Crippen molar-refractivity contribution in [3.8, 4) is 22.6 Å². The van der Waals surface area contributed by atoms with Gasteiger partial charge in [-0.15, -0.1) is 0 Å². The summed E-state index contributed by atoms with van der Waals surface area (Å²) < 4.78 is 7.91. The second-order valence-corrected chi connectivity index (χ2v) is 7.59. The van der Waals surface area contributed by atoms with Gasteiger partial charge in [-0.2, -0.15) is 0 Å². The molecule has 2 heterocycles. The fraction of sp³-hybridized carbons (Fsp3) is 0.115. The average molecular weight is 425 g/mol. The van der Waals surface area contributed by atoms with Crippen LogP contribution in [0, 0.1) is 13.8 Å². The fourth-order valence-electron chi connectivity index (χ4n) is 3.66. The molecule has 160 valence electrons. The van der Waals surface area contributed by atoms with E-state index in [1.165, 1.54) is 10.6 Å². The number of nitrogens with one attached hydrogen (secondary N) is 1. The molecule has 0 aliphatic heterocycles. The smallest absolute Gasteiger partial charge is 0.259 e. The van der Waals surface area contributed by atoms with Crippen molar-refractivity contribution in [3.05, 3.63) is 95.1 Å². The number of amides is 1. The number of aryl methyl sites for hydroxylation is 3. The second-order valence-electron chi connectivity index (χ2n) is 7.59. The number of anilines is 1. The van der Waals surface area contributed by atoms with Gasteiger partial charge in [0.05, 0.1) is 10.9 Å². The first-order chi connectivity index (χ1) is 15.4. The Balaban J connectivity index is 1.97. The zero-order chi connectivity index (χ0) is 22.8. The molecule has 1 amide bonds. The lowest BCUT2D eigenvalue weighted by atomic mass is 10.0. The molecule has 0 aliphatic rings. The van der Waals surface area contributed by atoms with E-state index in [-0.39, 0.29) is 11.5 Å². The van der Waals surface area contributed by atoms with Gasteiger partial charge in [-0.05, 0) is 61.4 Å². The summed E-state index contributed by atoms with van der Waals surface area (Å²) in [4.78, 5) is 29.0. The molecule has 6 heteroatoms. The van der Waals surface area contributed by atoms with Crippen LogP contribution >= 0.6 is 0 Å². The van der Waals surface area contributed by atoms with Gasteiger partial charge in [0.25, 0.3) is 5.56 Å². The number of para-hydroxylation sites is 1. The van der Waals surface area contributed by atoms with E-state index in [2.05, 4.69) is 16.9 Å². The summed E-state index contributed by atoms with van der Waals surface area (Å²) in [7, 11) is 1.70. The first-order valence-electron chi connectivity index (χ1n) is 10.2. The van der Waals surface area contributed by atoms with Crippen molar-refractivity contribution in [2.24, 2.45) is 7.05 Å². The summed E-state index contributed by atoms with van der Waals surface area (Å²) in [6.45, 7) is 7.49. The van der Waals surface area contributed by atoms with E-state index < -0.39 is 0 Å². The van der Waals surface area contributed by atoms with Crippen LogP contribution in [-0.4, -0.2) is 15.5 Å². The molecule has 0 aliphatic carbocycles. The average Bonchev–Trinajstić information content (AvgIpc) is 2.79. The molecule has 0 atom stereocenters. The number of rotatable bonds is 5. The summed E-state index contributed by atoms with van der Waals surface area (Å²) in [6, 6.07) is 14.8. The van der Waals surface area contributed by atoms with Crippen LogP contribution in [0.25, 0.3) is 22.0 Å². The Bertz CT molecular complexity index is 1400. The third-order valence-corrected chi connectivity index (χ3v) is 5.28. The van der Waals surface area contributed by atoms with Crippen molar-refractivity contribution in [3.63, 3.8) is 0 Å². The Hall–Kier alpha value is -4.19. The Morgan fingerprint density at radius 2 is 1.84 bits per heavy atom. The molecule has 0 saturated carbocycles. The van der Waals surface area contributed by atoms with Crippen molar-refractivity contribution in [2.75, 3.05) is 5.32 Å². The third-order valence-electron chi connectivity index (χ3n) is 5.28. The lowest BCUT2D eigenvalue weighted by Gasteiger charge is -2.17. The van der Waals surface area contributed by atoms with Gasteiger partial charge in [0.1, 0.15) is 11.5 Å². The van der Waals surface area contributed by atoms with Crippen molar-refractivity contribution in [1.29, 1.82) is 0 Å². The molecule has 0 bridgehead atoms. The van der Waals surface area contributed by atoms with Gasteiger partial charge in [-0.1, -0.05) is 24.8 Å². The van der Waals surface area contributed by atoms with Crippen LogP contribution in [0.15, 0.2) is 78.4 Å². The highest BCUT2D eigenvalue weighted by Crippen LogP contribution is 2.39. The highest BCUT2D eigenvalue weighted by atomic mass is 16.5. The number of aromatic nitrogens is 2. The van der Waals surface area contributed by atoms with Gasteiger partial charge >= 0.3 is 0 Å². The number of pyridine rings is 2. The first kappa shape index (κ1) is 21.1. The number of hydrogen-bond donors (Lipinski definition) is 1. The number of hydrogen-bond acceptors (Lipinski definition) is 4. The molecule has 0 fully saturated rings. The van der Waals surface area contributed by atoms with Gasteiger partial charge in [0.15, 0.2) is 0 Å². The number of ether oxygens (including phenoxy) is 1. The van der Waals surface area contributed by atoms with E-state index in [1.807, 2.05) is 38.1 Å². The SMILES string of the molecule is C=CC(=O)Nc1ccc(Oc2c(C)cccc2C)c(-c2cn(C)c(=O)c3cccnc23)c1. The molecule has 32 heavy (non-hydrogen) atoms. The second kappa shape index (κ2) is 8.51. The number of carbonyl (C=O) groups is 1. The van der Waals surface area contributed by atoms with Gasteiger partial charge < -0.3 is 14.6 Å². The van der Waals surface area contributed by atoms with Crippen LogP contribution in [0.3, 0.4) is 0 Å². The van der Waals surface area contributed by atoms with Crippen molar-refractivity contribution in [1.82, 2.24) is 9.55 Å². The molecule has 6 nitrogen and oxygen atoms in total. The lowest BCUT2D eigenvalue weighted by Crippen LogP contribution is -2.17. The Morgan fingerprint density at radius 3 is 2.56 bits per heavy atom. The molecule has 0 radical (unpaired) electrons. The summed E-state index contributed by atoms with van der Waals surface area (Å²) >= 11 is 0. The number of carbonyl (C=O) groups excluding carboxylic acids is 1. The summed E-state index contributed by atoms with van der Waals surface area (Å²) in [6.07, 6.45) is 4.61. The monoisotopic (exact) mass is 425 g/mol. The highest BCUT2D eigenvalue weighted by Gasteiger charge is 2.17.